The number of alkyl halides is 10. The van der Waals surface area contributed by atoms with E-state index in [1.807, 2.05) is 48.5 Å². The standard InChI is InChI=1S/C32H39F5N2O4S.C31H37F5N2O2/c1-29-18-26(21-5-3-20(4-6-21)19-38-13-15-39(16-14-38)44(2,42)43)28-24-10-8-23(40)17-22(24)7-9-25(28)27(29)11-12-30(29,41)31(33,34)32(35,36)37;1-28-17-25(20-4-2-19(3-5-20)18-38-14-12-37-13-15-38)27-23-9-7-22(39)16-21(23)6-8-24(27)26(28)10-11-29(28,40)30(32,33)31(34,35)36/h3-6,17,25-27,41H,7-16,18-19H2,1-2H3;2-5,16,24-26,37,40H,6-15,17-18H2,1H3/t25?,26-,27?,29+,30+;24?,25-,26?,28+,29+/m11/s1. The van der Waals surface area contributed by atoms with E-state index in [0.29, 0.717) is 84.1 Å². The molecule has 2 aromatic rings. The molecule has 2 saturated heterocycles. The Morgan fingerprint density at radius 3 is 1.30 bits per heavy atom. The van der Waals surface area contributed by atoms with Crippen molar-refractivity contribution in [2.24, 2.45) is 34.5 Å². The first kappa shape index (κ1) is 61.4. The smallest absolute Gasteiger partial charge is 0.383 e. The highest BCUT2D eigenvalue weighted by molar-refractivity contribution is 7.88. The molecule has 3 N–H and O–H groups in total. The molecule has 10 aliphatic rings. The van der Waals surface area contributed by atoms with Crippen molar-refractivity contribution in [3.8, 4) is 0 Å². The van der Waals surface area contributed by atoms with E-state index < -0.39 is 92.8 Å². The van der Waals surface area contributed by atoms with Crippen molar-refractivity contribution in [2.75, 3.05) is 58.6 Å². The summed E-state index contributed by atoms with van der Waals surface area (Å²) in [7, 11) is -3.25. The molecule has 0 aromatic heterocycles. The van der Waals surface area contributed by atoms with E-state index in [-0.39, 0.29) is 49.1 Å². The first-order valence-electron chi connectivity index (χ1n) is 29.9. The number of rotatable bonds is 9. The summed E-state index contributed by atoms with van der Waals surface area (Å²) < 4.78 is 168. The fourth-order valence-corrected chi connectivity index (χ4v) is 18.6. The average molecular weight is 1210 g/mol. The number of halogens is 10. The number of hydrogen-bond donors (Lipinski definition) is 3. The van der Waals surface area contributed by atoms with Crippen molar-refractivity contribution in [3.63, 3.8) is 0 Å². The number of piperazine rings is 2. The van der Waals surface area contributed by atoms with Crippen LogP contribution in [0.1, 0.15) is 138 Å². The predicted octanol–water partition coefficient (Wildman–Crippen LogP) is 11.5. The van der Waals surface area contributed by atoms with Gasteiger partial charge >= 0.3 is 24.2 Å². The molecule has 2 aromatic carbocycles. The summed E-state index contributed by atoms with van der Waals surface area (Å²) in [6, 6.07) is 15.7. The predicted molar refractivity (Wildman–Crippen MR) is 295 cm³/mol. The van der Waals surface area contributed by atoms with Crippen molar-refractivity contribution in [1.29, 1.82) is 0 Å². The van der Waals surface area contributed by atoms with Crippen LogP contribution in [-0.4, -0.2) is 138 Å². The molecule has 84 heavy (non-hydrogen) atoms. The lowest BCUT2D eigenvalue weighted by Crippen LogP contribution is -2.65. The van der Waals surface area contributed by atoms with Crippen LogP contribution in [-0.2, 0) is 32.7 Å². The molecule has 2 aliphatic heterocycles. The number of allylic oxidation sites excluding steroid dienone is 8. The molecule has 12 rings (SSSR count). The molecule has 0 radical (unpaired) electrons. The van der Waals surface area contributed by atoms with Gasteiger partial charge in [0.2, 0.25) is 10.0 Å². The van der Waals surface area contributed by atoms with Gasteiger partial charge in [0.25, 0.3) is 0 Å². The van der Waals surface area contributed by atoms with Crippen LogP contribution in [0.2, 0.25) is 0 Å². The summed E-state index contributed by atoms with van der Waals surface area (Å²) in [4.78, 5) is 29.0. The highest BCUT2D eigenvalue weighted by Crippen LogP contribution is 2.72. The number of sulfonamides is 1. The van der Waals surface area contributed by atoms with Gasteiger partial charge in [0.15, 0.2) is 11.6 Å². The molecule has 6 fully saturated rings. The molecule has 10 nitrogen and oxygen atoms in total. The number of nitrogens with zero attached hydrogens (tertiary/aromatic N) is 3. The van der Waals surface area contributed by atoms with Crippen molar-refractivity contribution in [3.05, 3.63) is 116 Å². The van der Waals surface area contributed by atoms with E-state index >= 15 is 17.6 Å². The summed E-state index contributed by atoms with van der Waals surface area (Å²) in [5, 5.41) is 26.2. The van der Waals surface area contributed by atoms with Crippen molar-refractivity contribution < 1.29 is 72.1 Å². The minimum absolute atomic E-state index is 0.00748. The van der Waals surface area contributed by atoms with Crippen LogP contribution in [0.3, 0.4) is 0 Å². The Balaban J connectivity index is 0.000000176. The van der Waals surface area contributed by atoms with E-state index in [2.05, 4.69) is 15.1 Å². The largest absolute Gasteiger partial charge is 0.456 e. The van der Waals surface area contributed by atoms with Gasteiger partial charge in [-0.1, -0.05) is 73.5 Å². The van der Waals surface area contributed by atoms with E-state index in [1.54, 1.807) is 12.2 Å². The fourth-order valence-electron chi connectivity index (χ4n) is 17.7. The Kier molecular flexibility index (Phi) is 15.9. The zero-order valence-electron chi connectivity index (χ0n) is 47.8. The SMILES string of the molecule is C[C@]12C[C@H](c3ccc(CN4CCN(S(C)(=O)=O)CC4)cc3)C3=C4CCC(=O)C=C4CCC3C1CC[C@@]2(O)C(F)(F)C(F)(F)F.C[C@]12C[C@H](c3ccc(CN4CCNCC4)cc3)C3=C4CCC(=O)C=C4CCC3C1CC[C@@]2(O)C(F)(F)C(F)(F)F. The number of hydrogen-bond acceptors (Lipinski definition) is 9. The molecule has 10 atom stereocenters. The second kappa shape index (κ2) is 21.8. The lowest BCUT2D eigenvalue weighted by atomic mass is 9.50. The summed E-state index contributed by atoms with van der Waals surface area (Å²) >= 11 is 0. The Bertz CT molecular complexity index is 3150. The monoisotopic (exact) mass is 1210 g/mol. The molecule has 4 unspecified atom stereocenters. The molecule has 4 saturated carbocycles. The third-order valence-electron chi connectivity index (χ3n) is 22.1. The number of ketones is 2. The van der Waals surface area contributed by atoms with Gasteiger partial charge < -0.3 is 15.5 Å². The number of benzene rings is 2. The van der Waals surface area contributed by atoms with Crippen LogP contribution in [0.25, 0.3) is 0 Å². The summed E-state index contributed by atoms with van der Waals surface area (Å²) in [5.74, 6) is -12.7. The van der Waals surface area contributed by atoms with Crippen LogP contribution in [0.15, 0.2) is 94.1 Å². The maximum Gasteiger partial charge on any atom is 0.456 e. The first-order chi connectivity index (χ1) is 39.3. The van der Waals surface area contributed by atoms with Gasteiger partial charge in [-0.05, 0) is 157 Å². The molecule has 2 heterocycles. The van der Waals surface area contributed by atoms with Crippen molar-refractivity contribution in [1.82, 2.24) is 19.4 Å². The minimum atomic E-state index is -5.88. The lowest BCUT2D eigenvalue weighted by molar-refractivity contribution is -0.362. The van der Waals surface area contributed by atoms with Gasteiger partial charge in [0.1, 0.15) is 11.2 Å². The van der Waals surface area contributed by atoms with Gasteiger partial charge in [-0.3, -0.25) is 19.4 Å². The lowest BCUT2D eigenvalue weighted by Gasteiger charge is -2.56. The Labute approximate surface area is 484 Å². The zero-order chi connectivity index (χ0) is 60.4. The maximum atomic E-state index is 15.2. The molecule has 8 aliphatic carbocycles. The van der Waals surface area contributed by atoms with Crippen molar-refractivity contribution in [2.45, 2.75) is 164 Å². The van der Waals surface area contributed by atoms with Gasteiger partial charge in [-0.25, -0.2) is 8.42 Å². The second-order valence-corrected chi connectivity index (χ2v) is 28.4. The molecule has 0 amide bonds. The van der Waals surface area contributed by atoms with Crippen LogP contribution in [0, 0.1) is 34.5 Å². The summed E-state index contributed by atoms with van der Waals surface area (Å²) in [6.45, 7) is 9.99. The maximum absolute atomic E-state index is 15.2. The number of aliphatic hydroxyl groups is 2. The molecular weight excluding hydrogens is 1130 g/mol. The van der Waals surface area contributed by atoms with Crippen LogP contribution >= 0.6 is 0 Å². The average Bonchev–Trinajstić information content (AvgIpc) is 1.48. The number of nitrogens with one attached hydrogen (secondary N) is 1. The number of carbonyl (C=O) groups excluding carboxylic acids is 2. The fraction of sp³-hybridized carbons (Fsp3) is 0.651. The van der Waals surface area contributed by atoms with Crippen LogP contribution < -0.4 is 5.32 Å². The molecule has 21 heteroatoms. The van der Waals surface area contributed by atoms with Crippen molar-refractivity contribution >= 4 is 21.6 Å². The van der Waals surface area contributed by atoms with Gasteiger partial charge in [-0.15, -0.1) is 0 Å². The Morgan fingerprint density at radius 2 is 0.929 bits per heavy atom. The highest BCUT2D eigenvalue weighted by atomic mass is 32.2. The molecule has 0 bridgehead atoms. The topological polar surface area (TPSA) is 130 Å². The summed E-state index contributed by atoms with van der Waals surface area (Å²) in [6.07, 6.45) is -4.11. The molecule has 460 valence electrons. The molecule has 0 spiro atoms. The third-order valence-corrected chi connectivity index (χ3v) is 23.4. The zero-order valence-corrected chi connectivity index (χ0v) is 48.6. The number of carbonyl (C=O) groups is 2. The van der Waals surface area contributed by atoms with E-state index in [1.165, 1.54) is 24.4 Å². The van der Waals surface area contributed by atoms with E-state index in [9.17, 15) is 54.6 Å². The van der Waals surface area contributed by atoms with E-state index in [0.717, 1.165) is 88.4 Å². The summed E-state index contributed by atoms with van der Waals surface area (Å²) in [5.41, 5.74) is 0.240. The van der Waals surface area contributed by atoms with Gasteiger partial charge in [-0.2, -0.15) is 48.2 Å². The molecular formula is C63H76F10N4O6S. The van der Waals surface area contributed by atoms with Gasteiger partial charge in [0, 0.05) is 101 Å². The normalized spacial score (nSPS) is 34.6. The minimum Gasteiger partial charge on any atom is -0.383 e. The quantitative estimate of drug-likeness (QED) is 0.210. The number of fused-ring (bicyclic) bond motifs is 8. The Hall–Kier alpha value is -4.25. The van der Waals surface area contributed by atoms with Crippen LogP contribution in [0.4, 0.5) is 43.9 Å². The highest BCUT2D eigenvalue weighted by Gasteiger charge is 2.80. The van der Waals surface area contributed by atoms with E-state index in [4.69, 9.17) is 0 Å². The Morgan fingerprint density at radius 1 is 0.548 bits per heavy atom. The third kappa shape index (κ3) is 10.2. The van der Waals surface area contributed by atoms with Crippen LogP contribution in [0.5, 0.6) is 0 Å². The first-order valence-corrected chi connectivity index (χ1v) is 31.7. The van der Waals surface area contributed by atoms with Gasteiger partial charge in [0.05, 0.1) is 6.26 Å². The second-order valence-electron chi connectivity index (χ2n) is 26.4.